The van der Waals surface area contributed by atoms with Crippen molar-refractivity contribution in [1.82, 2.24) is 15.0 Å². The Morgan fingerprint density at radius 2 is 2.10 bits per heavy atom. The summed E-state index contributed by atoms with van der Waals surface area (Å²) >= 11 is 0. The highest BCUT2D eigenvalue weighted by Gasteiger charge is 2.10. The van der Waals surface area contributed by atoms with Gasteiger partial charge in [0.05, 0.1) is 12.2 Å². The van der Waals surface area contributed by atoms with Gasteiger partial charge in [-0.05, 0) is 19.1 Å². The van der Waals surface area contributed by atoms with Crippen molar-refractivity contribution >= 4 is 5.95 Å². The maximum absolute atomic E-state index is 13.5. The molecule has 0 saturated heterocycles. The molecule has 1 aromatic carbocycles. The molecule has 2 rings (SSSR count). The first-order valence-electron chi connectivity index (χ1n) is 5.89. The number of hydrogen-bond acceptors (Lipinski definition) is 8. The van der Waals surface area contributed by atoms with Crippen molar-refractivity contribution in [2.45, 2.75) is 6.92 Å². The van der Waals surface area contributed by atoms with Crippen LogP contribution in [0, 0.1) is 17.1 Å². The summed E-state index contributed by atoms with van der Waals surface area (Å²) in [4.78, 5) is 11.6. The number of hydrogen-bond donors (Lipinski definition) is 2. The summed E-state index contributed by atoms with van der Waals surface area (Å²) in [5.41, 5.74) is 2.16. The smallest absolute Gasteiger partial charge is 0.330 e. The van der Waals surface area contributed by atoms with Crippen LogP contribution in [0.3, 0.4) is 0 Å². The zero-order valence-corrected chi connectivity index (χ0v) is 11.0. The summed E-state index contributed by atoms with van der Waals surface area (Å²) in [6.07, 6.45) is 0. The third-order valence-electron chi connectivity index (χ3n) is 2.27. The van der Waals surface area contributed by atoms with E-state index in [-0.39, 0.29) is 29.3 Å². The van der Waals surface area contributed by atoms with Crippen LogP contribution in [0.1, 0.15) is 12.5 Å². The van der Waals surface area contributed by atoms with Crippen LogP contribution < -0.4 is 20.7 Å². The van der Waals surface area contributed by atoms with E-state index in [4.69, 9.17) is 20.6 Å². The molecule has 3 N–H and O–H groups in total. The Bertz CT molecular complexity index is 688. The summed E-state index contributed by atoms with van der Waals surface area (Å²) in [5.74, 6) is 4.69. The van der Waals surface area contributed by atoms with Crippen molar-refractivity contribution in [3.05, 3.63) is 29.6 Å². The summed E-state index contributed by atoms with van der Waals surface area (Å²) in [5, 5.41) is 8.66. The molecule has 9 heteroatoms. The minimum atomic E-state index is -0.703. The number of ether oxygens (including phenoxy) is 2. The van der Waals surface area contributed by atoms with Gasteiger partial charge >= 0.3 is 12.0 Å². The Morgan fingerprint density at radius 1 is 1.33 bits per heavy atom. The minimum absolute atomic E-state index is 0.0181. The van der Waals surface area contributed by atoms with Gasteiger partial charge < -0.3 is 9.47 Å². The Morgan fingerprint density at radius 3 is 2.71 bits per heavy atom. The normalized spacial score (nSPS) is 9.81. The average molecular weight is 290 g/mol. The number of nitrogens with one attached hydrogen (secondary N) is 1. The fourth-order valence-electron chi connectivity index (χ4n) is 1.40. The third-order valence-corrected chi connectivity index (χ3v) is 2.27. The first-order valence-corrected chi connectivity index (χ1v) is 5.89. The van der Waals surface area contributed by atoms with Crippen LogP contribution in [0.5, 0.6) is 17.8 Å². The topological polar surface area (TPSA) is 119 Å². The largest absolute Gasteiger partial charge is 0.464 e. The lowest BCUT2D eigenvalue weighted by Gasteiger charge is -2.07. The highest BCUT2D eigenvalue weighted by atomic mass is 19.1. The number of benzene rings is 1. The lowest BCUT2D eigenvalue weighted by atomic mass is 10.2. The molecular weight excluding hydrogens is 279 g/mol. The molecule has 0 amide bonds. The maximum Gasteiger partial charge on any atom is 0.330 e. The molecule has 0 aliphatic carbocycles. The average Bonchev–Trinajstić information content (AvgIpc) is 2.47. The van der Waals surface area contributed by atoms with E-state index in [9.17, 15) is 4.39 Å². The fourth-order valence-corrected chi connectivity index (χ4v) is 1.40. The monoisotopic (exact) mass is 290 g/mol. The first-order chi connectivity index (χ1) is 10.2. The number of halogens is 1. The van der Waals surface area contributed by atoms with E-state index >= 15 is 0 Å². The van der Waals surface area contributed by atoms with Gasteiger partial charge in [0.15, 0.2) is 0 Å². The molecule has 0 aliphatic heterocycles. The summed E-state index contributed by atoms with van der Waals surface area (Å²) in [6, 6.07) is 5.37. The molecule has 21 heavy (non-hydrogen) atoms. The number of nitrogens with two attached hydrogens (primary N) is 1. The lowest BCUT2D eigenvalue weighted by Crippen LogP contribution is -2.12. The molecule has 0 radical (unpaired) electrons. The molecule has 0 bridgehead atoms. The van der Waals surface area contributed by atoms with Crippen LogP contribution in [0.2, 0.25) is 0 Å². The first kappa shape index (κ1) is 14.4. The number of nitriles is 1. The van der Waals surface area contributed by atoms with Gasteiger partial charge in [-0.15, -0.1) is 4.98 Å². The molecular formula is C12H11FN6O2. The zero-order valence-electron chi connectivity index (χ0n) is 11.0. The van der Waals surface area contributed by atoms with Crippen molar-refractivity contribution in [1.29, 1.82) is 5.26 Å². The standard InChI is InChI=1S/C12H11FN6O2/c1-2-20-11-16-10(19-15)17-12(18-11)21-8-4-3-7(6-14)9(13)5-8/h3-5H,2,15H2,1H3,(H,16,17,18,19). The Balaban J connectivity index is 2.28. The van der Waals surface area contributed by atoms with E-state index in [1.807, 2.05) is 0 Å². The van der Waals surface area contributed by atoms with Gasteiger partial charge in [-0.3, -0.25) is 5.43 Å². The predicted octanol–water partition coefficient (Wildman–Crippen LogP) is 1.36. The molecule has 0 spiro atoms. The Labute approximate surface area is 119 Å². The number of hydrazine groups is 1. The molecule has 108 valence electrons. The van der Waals surface area contributed by atoms with Crippen molar-refractivity contribution in [3.8, 4) is 23.8 Å². The van der Waals surface area contributed by atoms with E-state index in [1.54, 1.807) is 13.0 Å². The number of nitrogen functional groups attached to an aromatic ring is 1. The Kier molecular flexibility index (Phi) is 4.43. The SMILES string of the molecule is CCOc1nc(NN)nc(Oc2ccc(C#N)c(F)c2)n1. The third kappa shape index (κ3) is 3.52. The maximum atomic E-state index is 13.5. The second-order valence-corrected chi connectivity index (χ2v) is 3.66. The molecule has 0 atom stereocenters. The summed E-state index contributed by atoms with van der Waals surface area (Å²) < 4.78 is 23.9. The lowest BCUT2D eigenvalue weighted by molar-refractivity contribution is 0.303. The Hall–Kier alpha value is -2.99. The summed E-state index contributed by atoms with van der Waals surface area (Å²) in [7, 11) is 0. The van der Waals surface area contributed by atoms with E-state index in [2.05, 4.69) is 20.4 Å². The summed E-state index contributed by atoms with van der Waals surface area (Å²) in [6.45, 7) is 2.11. The van der Waals surface area contributed by atoms with E-state index < -0.39 is 5.82 Å². The highest BCUT2D eigenvalue weighted by Crippen LogP contribution is 2.22. The van der Waals surface area contributed by atoms with Crippen LogP contribution in [0.15, 0.2) is 18.2 Å². The van der Waals surface area contributed by atoms with Gasteiger partial charge in [0.2, 0.25) is 5.95 Å². The number of aromatic nitrogens is 3. The van der Waals surface area contributed by atoms with Crippen molar-refractivity contribution in [2.24, 2.45) is 5.84 Å². The molecule has 1 aromatic heterocycles. The number of rotatable bonds is 5. The fraction of sp³-hybridized carbons (Fsp3) is 0.167. The second-order valence-electron chi connectivity index (χ2n) is 3.66. The van der Waals surface area contributed by atoms with E-state index in [0.29, 0.717) is 6.61 Å². The van der Waals surface area contributed by atoms with E-state index in [0.717, 1.165) is 6.07 Å². The van der Waals surface area contributed by atoms with Gasteiger partial charge in [-0.2, -0.15) is 15.2 Å². The van der Waals surface area contributed by atoms with Crippen LogP contribution in [0.25, 0.3) is 0 Å². The minimum Gasteiger partial charge on any atom is -0.464 e. The van der Waals surface area contributed by atoms with Crippen LogP contribution in [-0.4, -0.2) is 21.6 Å². The van der Waals surface area contributed by atoms with Crippen LogP contribution >= 0.6 is 0 Å². The highest BCUT2D eigenvalue weighted by molar-refractivity contribution is 5.37. The molecule has 1 heterocycles. The quantitative estimate of drug-likeness (QED) is 0.625. The van der Waals surface area contributed by atoms with Gasteiger partial charge in [-0.1, -0.05) is 0 Å². The second kappa shape index (κ2) is 6.44. The number of anilines is 1. The zero-order chi connectivity index (χ0) is 15.2. The van der Waals surface area contributed by atoms with Crippen molar-refractivity contribution in [2.75, 3.05) is 12.0 Å². The molecule has 8 nitrogen and oxygen atoms in total. The molecule has 2 aromatic rings. The van der Waals surface area contributed by atoms with Crippen LogP contribution in [0.4, 0.5) is 10.3 Å². The van der Waals surface area contributed by atoms with Gasteiger partial charge in [-0.25, -0.2) is 10.2 Å². The molecule has 0 saturated carbocycles. The molecule has 0 aliphatic rings. The van der Waals surface area contributed by atoms with Crippen molar-refractivity contribution < 1.29 is 13.9 Å². The van der Waals surface area contributed by atoms with Gasteiger partial charge in [0.1, 0.15) is 17.6 Å². The predicted molar refractivity (Wildman–Crippen MR) is 70.0 cm³/mol. The molecule has 0 fully saturated rings. The molecule has 0 unspecified atom stereocenters. The van der Waals surface area contributed by atoms with E-state index in [1.165, 1.54) is 12.1 Å². The number of nitrogens with zero attached hydrogens (tertiary/aromatic N) is 4. The van der Waals surface area contributed by atoms with Crippen molar-refractivity contribution in [3.63, 3.8) is 0 Å². The van der Waals surface area contributed by atoms with Crippen LogP contribution in [-0.2, 0) is 0 Å². The van der Waals surface area contributed by atoms with Gasteiger partial charge in [0, 0.05) is 6.07 Å². The van der Waals surface area contributed by atoms with Gasteiger partial charge in [0.25, 0.3) is 0 Å².